The largest absolute Gasteiger partial charge is 0.478 e. The van der Waals surface area contributed by atoms with Crippen LogP contribution in [0.4, 0.5) is 14.6 Å². The van der Waals surface area contributed by atoms with E-state index < -0.39 is 25.5 Å². The molecule has 0 spiro atoms. The van der Waals surface area contributed by atoms with Gasteiger partial charge in [0, 0.05) is 6.54 Å². The number of carboxylic acid groups (broad SMARTS) is 1. The molecule has 0 aliphatic carbocycles. The first-order chi connectivity index (χ1) is 8.45. The first-order valence-electron chi connectivity index (χ1n) is 4.99. The molecule has 1 heterocycles. The molecular formula is C10H11ClF2N2O3. The molecule has 0 saturated heterocycles. The van der Waals surface area contributed by atoms with Crippen molar-refractivity contribution in [3.05, 3.63) is 22.8 Å². The number of aliphatic hydroxyl groups is 1. The number of rotatable bonds is 6. The van der Waals surface area contributed by atoms with Gasteiger partial charge in [-0.1, -0.05) is 11.6 Å². The number of alkyl halides is 2. The normalized spacial score (nSPS) is 10.7. The highest BCUT2D eigenvalue weighted by Crippen LogP contribution is 2.21. The number of carboxylic acids is 1. The molecule has 0 saturated carbocycles. The summed E-state index contributed by atoms with van der Waals surface area (Å²) in [4.78, 5) is 15.7. The van der Waals surface area contributed by atoms with Crippen molar-refractivity contribution in [1.82, 2.24) is 4.98 Å². The fraction of sp³-hybridized carbons (Fsp3) is 0.400. The fourth-order valence-electron chi connectivity index (χ4n) is 1.40. The zero-order valence-electron chi connectivity index (χ0n) is 9.18. The SMILES string of the molecule is O=C(O)c1ccc(Cl)nc1N(CCO)CC(F)F. The topological polar surface area (TPSA) is 73.7 Å². The summed E-state index contributed by atoms with van der Waals surface area (Å²) in [6.07, 6.45) is -2.68. The van der Waals surface area contributed by atoms with Gasteiger partial charge in [-0.15, -0.1) is 0 Å². The van der Waals surface area contributed by atoms with E-state index in [2.05, 4.69) is 4.98 Å². The Labute approximate surface area is 107 Å². The number of aliphatic hydroxyl groups excluding tert-OH is 1. The number of anilines is 1. The molecule has 1 aromatic heterocycles. The summed E-state index contributed by atoms with van der Waals surface area (Å²) in [5.41, 5.74) is -0.242. The summed E-state index contributed by atoms with van der Waals surface area (Å²) >= 11 is 5.62. The second-order valence-electron chi connectivity index (χ2n) is 3.37. The van der Waals surface area contributed by atoms with Crippen molar-refractivity contribution in [3.63, 3.8) is 0 Å². The Morgan fingerprint density at radius 3 is 2.67 bits per heavy atom. The molecule has 1 aromatic rings. The van der Waals surface area contributed by atoms with Gasteiger partial charge in [0.1, 0.15) is 16.5 Å². The van der Waals surface area contributed by atoms with Crippen molar-refractivity contribution in [2.24, 2.45) is 0 Å². The van der Waals surface area contributed by atoms with E-state index in [0.717, 1.165) is 4.90 Å². The van der Waals surface area contributed by atoms with E-state index in [1.54, 1.807) is 0 Å². The van der Waals surface area contributed by atoms with Crippen molar-refractivity contribution in [3.8, 4) is 0 Å². The van der Waals surface area contributed by atoms with E-state index in [0.29, 0.717) is 0 Å². The monoisotopic (exact) mass is 280 g/mol. The molecular weight excluding hydrogens is 270 g/mol. The molecule has 0 radical (unpaired) electrons. The van der Waals surface area contributed by atoms with Gasteiger partial charge in [-0.3, -0.25) is 0 Å². The van der Waals surface area contributed by atoms with Gasteiger partial charge in [0.2, 0.25) is 0 Å². The van der Waals surface area contributed by atoms with Crippen molar-refractivity contribution in [2.45, 2.75) is 6.43 Å². The van der Waals surface area contributed by atoms with Crippen LogP contribution in [-0.2, 0) is 0 Å². The van der Waals surface area contributed by atoms with Crippen LogP contribution in [0.2, 0.25) is 5.15 Å². The molecule has 0 fully saturated rings. The average Bonchev–Trinajstić information content (AvgIpc) is 2.27. The Morgan fingerprint density at radius 1 is 1.50 bits per heavy atom. The summed E-state index contributed by atoms with van der Waals surface area (Å²) in [5, 5.41) is 17.8. The second-order valence-corrected chi connectivity index (χ2v) is 3.76. The molecule has 0 aliphatic heterocycles. The number of hydrogen-bond donors (Lipinski definition) is 2. The van der Waals surface area contributed by atoms with Gasteiger partial charge >= 0.3 is 5.97 Å². The van der Waals surface area contributed by atoms with Crippen molar-refractivity contribution >= 4 is 23.4 Å². The standard InChI is InChI=1S/C10H11ClF2N2O3/c11-7-2-1-6(10(17)18)9(14-7)15(3-4-16)5-8(12)13/h1-2,8,16H,3-5H2,(H,17,18). The Balaban J connectivity index is 3.15. The summed E-state index contributed by atoms with van der Waals surface area (Å²) < 4.78 is 24.8. The molecule has 5 nitrogen and oxygen atoms in total. The van der Waals surface area contributed by atoms with Crippen LogP contribution in [0.15, 0.2) is 12.1 Å². The molecule has 8 heteroatoms. The Kier molecular flexibility index (Phi) is 5.24. The molecule has 0 aromatic carbocycles. The van der Waals surface area contributed by atoms with E-state index in [-0.39, 0.29) is 23.1 Å². The first kappa shape index (κ1) is 14.6. The highest BCUT2D eigenvalue weighted by molar-refractivity contribution is 6.29. The van der Waals surface area contributed by atoms with Crippen molar-refractivity contribution in [1.29, 1.82) is 0 Å². The van der Waals surface area contributed by atoms with Crippen LogP contribution >= 0.6 is 11.6 Å². The fourth-order valence-corrected chi connectivity index (χ4v) is 1.55. The zero-order valence-corrected chi connectivity index (χ0v) is 9.94. The Morgan fingerprint density at radius 2 is 2.17 bits per heavy atom. The van der Waals surface area contributed by atoms with Gasteiger partial charge in [-0.05, 0) is 12.1 Å². The van der Waals surface area contributed by atoms with Gasteiger partial charge in [0.05, 0.1) is 13.2 Å². The maximum absolute atomic E-state index is 12.4. The van der Waals surface area contributed by atoms with Crippen LogP contribution in [0.3, 0.4) is 0 Å². The van der Waals surface area contributed by atoms with Crippen LogP contribution in [-0.4, -0.2) is 47.3 Å². The third kappa shape index (κ3) is 3.78. The first-order valence-corrected chi connectivity index (χ1v) is 5.37. The Hall–Kier alpha value is -1.47. The molecule has 1 rings (SSSR count). The van der Waals surface area contributed by atoms with E-state index in [9.17, 15) is 13.6 Å². The number of aromatic carboxylic acids is 1. The number of carbonyl (C=O) groups is 1. The molecule has 0 unspecified atom stereocenters. The van der Waals surface area contributed by atoms with Gasteiger partial charge in [-0.25, -0.2) is 18.6 Å². The van der Waals surface area contributed by atoms with Crippen molar-refractivity contribution in [2.75, 3.05) is 24.6 Å². The maximum atomic E-state index is 12.4. The molecule has 0 aliphatic rings. The lowest BCUT2D eigenvalue weighted by molar-refractivity contribution is 0.0696. The molecule has 0 amide bonds. The van der Waals surface area contributed by atoms with Crippen LogP contribution in [0.25, 0.3) is 0 Å². The molecule has 0 bridgehead atoms. The van der Waals surface area contributed by atoms with E-state index >= 15 is 0 Å². The summed E-state index contributed by atoms with van der Waals surface area (Å²) in [5.74, 6) is -1.48. The molecule has 100 valence electrons. The minimum atomic E-state index is -2.68. The molecule has 18 heavy (non-hydrogen) atoms. The highest BCUT2D eigenvalue weighted by Gasteiger charge is 2.20. The van der Waals surface area contributed by atoms with Gasteiger partial charge in [0.25, 0.3) is 6.43 Å². The Bertz CT molecular complexity index is 432. The van der Waals surface area contributed by atoms with Crippen molar-refractivity contribution < 1.29 is 23.8 Å². The third-order valence-electron chi connectivity index (χ3n) is 2.10. The number of halogens is 3. The number of hydrogen-bond acceptors (Lipinski definition) is 4. The van der Waals surface area contributed by atoms with Gasteiger partial charge in [0.15, 0.2) is 0 Å². The van der Waals surface area contributed by atoms with Crippen LogP contribution in [0, 0.1) is 0 Å². The van der Waals surface area contributed by atoms with Crippen LogP contribution < -0.4 is 4.90 Å². The predicted molar refractivity (Wildman–Crippen MR) is 61.5 cm³/mol. The summed E-state index contributed by atoms with van der Waals surface area (Å²) in [6.45, 7) is -1.29. The lowest BCUT2D eigenvalue weighted by atomic mass is 10.2. The minimum Gasteiger partial charge on any atom is -0.478 e. The summed E-state index contributed by atoms with van der Waals surface area (Å²) in [7, 11) is 0. The maximum Gasteiger partial charge on any atom is 0.339 e. The predicted octanol–water partition coefficient (Wildman–Crippen LogP) is 1.50. The van der Waals surface area contributed by atoms with Gasteiger partial charge < -0.3 is 15.1 Å². The average molecular weight is 281 g/mol. The minimum absolute atomic E-state index is 0.00722. The summed E-state index contributed by atoms with van der Waals surface area (Å²) in [6, 6.07) is 2.44. The molecule has 2 N–H and O–H groups in total. The van der Waals surface area contributed by atoms with Crippen LogP contribution in [0.5, 0.6) is 0 Å². The second kappa shape index (κ2) is 6.46. The lowest BCUT2D eigenvalue weighted by Gasteiger charge is -2.23. The van der Waals surface area contributed by atoms with E-state index in [1.807, 2.05) is 0 Å². The quantitative estimate of drug-likeness (QED) is 0.773. The lowest BCUT2D eigenvalue weighted by Crippen LogP contribution is -2.33. The number of nitrogens with zero attached hydrogens (tertiary/aromatic N) is 2. The number of aromatic nitrogens is 1. The zero-order chi connectivity index (χ0) is 13.7. The third-order valence-corrected chi connectivity index (χ3v) is 2.31. The smallest absolute Gasteiger partial charge is 0.339 e. The van der Waals surface area contributed by atoms with Crippen LogP contribution in [0.1, 0.15) is 10.4 Å². The number of pyridine rings is 1. The van der Waals surface area contributed by atoms with E-state index in [1.165, 1.54) is 12.1 Å². The van der Waals surface area contributed by atoms with E-state index in [4.69, 9.17) is 21.8 Å². The highest BCUT2D eigenvalue weighted by atomic mass is 35.5. The molecule has 0 atom stereocenters. The van der Waals surface area contributed by atoms with Gasteiger partial charge in [-0.2, -0.15) is 0 Å².